The van der Waals surface area contributed by atoms with Crippen LogP contribution in [0.4, 0.5) is 0 Å². The van der Waals surface area contributed by atoms with Gasteiger partial charge in [-0.25, -0.2) is 0 Å². The lowest BCUT2D eigenvalue weighted by Crippen LogP contribution is -2.40. The highest BCUT2D eigenvalue weighted by atomic mass is 15.2. The zero-order valence-corrected chi connectivity index (χ0v) is 10.9. The Morgan fingerprint density at radius 1 is 1.33 bits per heavy atom. The minimum atomic E-state index is 0.679. The lowest BCUT2D eigenvalue weighted by molar-refractivity contribution is 0.228. The Morgan fingerprint density at radius 2 is 2.07 bits per heavy atom. The summed E-state index contributed by atoms with van der Waals surface area (Å²) < 4.78 is 0. The first-order chi connectivity index (χ1) is 7.15. The summed E-state index contributed by atoms with van der Waals surface area (Å²) in [7, 11) is 0. The summed E-state index contributed by atoms with van der Waals surface area (Å²) >= 11 is 0. The van der Waals surface area contributed by atoms with Crippen molar-refractivity contribution in [2.75, 3.05) is 19.6 Å². The van der Waals surface area contributed by atoms with E-state index < -0.39 is 0 Å². The monoisotopic (exact) mass is 212 g/mol. The summed E-state index contributed by atoms with van der Waals surface area (Å²) in [5.41, 5.74) is 0. The minimum Gasteiger partial charge on any atom is -0.312 e. The van der Waals surface area contributed by atoms with E-state index in [0.717, 1.165) is 18.5 Å². The van der Waals surface area contributed by atoms with Gasteiger partial charge in [-0.15, -0.1) is 0 Å². The second-order valence-electron chi connectivity index (χ2n) is 5.19. The molecule has 0 amide bonds. The van der Waals surface area contributed by atoms with Crippen molar-refractivity contribution >= 4 is 0 Å². The van der Waals surface area contributed by atoms with E-state index in [0.29, 0.717) is 6.04 Å². The highest BCUT2D eigenvalue weighted by molar-refractivity contribution is 4.80. The lowest BCUT2D eigenvalue weighted by atomic mass is 10.1. The van der Waals surface area contributed by atoms with Gasteiger partial charge in [0.1, 0.15) is 0 Å². The fourth-order valence-corrected chi connectivity index (χ4v) is 2.62. The topological polar surface area (TPSA) is 15.3 Å². The molecule has 1 rings (SSSR count). The third kappa shape index (κ3) is 4.12. The van der Waals surface area contributed by atoms with Gasteiger partial charge in [-0.1, -0.05) is 20.3 Å². The summed E-state index contributed by atoms with van der Waals surface area (Å²) in [6.45, 7) is 12.7. The zero-order valence-electron chi connectivity index (χ0n) is 10.9. The predicted octanol–water partition coefficient (Wildman–Crippen LogP) is 2.49. The van der Waals surface area contributed by atoms with Crippen LogP contribution in [0, 0.1) is 5.92 Å². The molecular formula is C13H28N2. The van der Waals surface area contributed by atoms with Crippen molar-refractivity contribution in [2.45, 2.75) is 59.0 Å². The van der Waals surface area contributed by atoms with Crippen LogP contribution in [0.2, 0.25) is 0 Å². The Hall–Kier alpha value is -0.0800. The van der Waals surface area contributed by atoms with E-state index in [9.17, 15) is 0 Å². The van der Waals surface area contributed by atoms with Crippen LogP contribution in [0.5, 0.6) is 0 Å². The fraction of sp³-hybridized carbons (Fsp3) is 1.00. The van der Waals surface area contributed by atoms with E-state index >= 15 is 0 Å². The Labute approximate surface area is 95.4 Å². The molecule has 0 radical (unpaired) electrons. The predicted molar refractivity (Wildman–Crippen MR) is 67.2 cm³/mol. The molecule has 2 atom stereocenters. The normalized spacial score (nSPS) is 26.8. The van der Waals surface area contributed by atoms with E-state index in [2.05, 4.69) is 37.9 Å². The van der Waals surface area contributed by atoms with Gasteiger partial charge in [0.15, 0.2) is 0 Å². The molecule has 0 heterocycles. The summed E-state index contributed by atoms with van der Waals surface area (Å²) in [6.07, 6.45) is 4.22. The Kier molecular flexibility index (Phi) is 5.62. The molecule has 2 heteroatoms. The highest BCUT2D eigenvalue weighted by Crippen LogP contribution is 2.24. The fourth-order valence-electron chi connectivity index (χ4n) is 2.62. The third-order valence-electron chi connectivity index (χ3n) is 3.80. The standard InChI is InChI=1S/C13H28N2/c1-5-15(11(2)3)10-9-14-13-8-6-7-12(13)4/h11-14H,5-10H2,1-4H3. The van der Waals surface area contributed by atoms with Gasteiger partial charge in [0, 0.05) is 25.2 Å². The molecule has 0 bridgehead atoms. The van der Waals surface area contributed by atoms with Crippen LogP contribution in [0.15, 0.2) is 0 Å². The molecule has 90 valence electrons. The van der Waals surface area contributed by atoms with Gasteiger partial charge in [-0.05, 0) is 39.2 Å². The second-order valence-corrected chi connectivity index (χ2v) is 5.19. The molecule has 1 aliphatic carbocycles. The first-order valence-corrected chi connectivity index (χ1v) is 6.62. The Bertz CT molecular complexity index is 166. The quantitative estimate of drug-likeness (QED) is 0.728. The summed E-state index contributed by atoms with van der Waals surface area (Å²) in [5, 5.41) is 3.71. The Balaban J connectivity index is 2.14. The molecule has 1 fully saturated rings. The largest absolute Gasteiger partial charge is 0.312 e. The van der Waals surface area contributed by atoms with E-state index in [1.807, 2.05) is 0 Å². The first-order valence-electron chi connectivity index (χ1n) is 6.62. The Morgan fingerprint density at radius 3 is 2.53 bits per heavy atom. The van der Waals surface area contributed by atoms with Crippen LogP contribution >= 0.6 is 0 Å². The van der Waals surface area contributed by atoms with Crippen LogP contribution in [-0.2, 0) is 0 Å². The SMILES string of the molecule is CCN(CCNC1CCCC1C)C(C)C. The molecule has 0 aromatic carbocycles. The number of nitrogens with zero attached hydrogens (tertiary/aromatic N) is 1. The zero-order chi connectivity index (χ0) is 11.3. The number of nitrogens with one attached hydrogen (secondary N) is 1. The van der Waals surface area contributed by atoms with Crippen LogP contribution in [0.1, 0.15) is 47.0 Å². The molecule has 1 N–H and O–H groups in total. The molecule has 2 nitrogen and oxygen atoms in total. The number of hydrogen-bond donors (Lipinski definition) is 1. The van der Waals surface area contributed by atoms with Gasteiger partial charge < -0.3 is 5.32 Å². The third-order valence-corrected chi connectivity index (χ3v) is 3.80. The van der Waals surface area contributed by atoms with Crippen molar-refractivity contribution < 1.29 is 0 Å². The van der Waals surface area contributed by atoms with Gasteiger partial charge in [-0.3, -0.25) is 4.90 Å². The highest BCUT2D eigenvalue weighted by Gasteiger charge is 2.22. The van der Waals surface area contributed by atoms with Crippen LogP contribution in [0.25, 0.3) is 0 Å². The van der Waals surface area contributed by atoms with E-state index in [-0.39, 0.29) is 0 Å². The average Bonchev–Trinajstić information content (AvgIpc) is 2.58. The summed E-state index contributed by atoms with van der Waals surface area (Å²) in [6, 6.07) is 1.47. The van der Waals surface area contributed by atoms with Crippen LogP contribution in [0.3, 0.4) is 0 Å². The maximum atomic E-state index is 3.71. The van der Waals surface area contributed by atoms with Crippen molar-refractivity contribution in [2.24, 2.45) is 5.92 Å². The molecule has 0 aliphatic heterocycles. The van der Waals surface area contributed by atoms with Crippen molar-refractivity contribution in [1.29, 1.82) is 0 Å². The van der Waals surface area contributed by atoms with Crippen molar-refractivity contribution in [3.8, 4) is 0 Å². The van der Waals surface area contributed by atoms with Gasteiger partial charge in [0.2, 0.25) is 0 Å². The van der Waals surface area contributed by atoms with Crippen molar-refractivity contribution in [3.05, 3.63) is 0 Å². The van der Waals surface area contributed by atoms with Crippen molar-refractivity contribution in [1.82, 2.24) is 10.2 Å². The minimum absolute atomic E-state index is 0.679. The lowest BCUT2D eigenvalue weighted by Gasteiger charge is -2.26. The van der Waals surface area contributed by atoms with E-state index in [1.54, 1.807) is 0 Å². The van der Waals surface area contributed by atoms with Gasteiger partial charge in [-0.2, -0.15) is 0 Å². The molecule has 0 spiro atoms. The van der Waals surface area contributed by atoms with Crippen molar-refractivity contribution in [3.63, 3.8) is 0 Å². The number of likely N-dealkylation sites (N-methyl/N-ethyl adjacent to an activating group) is 1. The summed E-state index contributed by atoms with van der Waals surface area (Å²) in [4.78, 5) is 2.52. The molecule has 0 aromatic heterocycles. The van der Waals surface area contributed by atoms with Gasteiger partial charge in [0.05, 0.1) is 0 Å². The average molecular weight is 212 g/mol. The molecule has 15 heavy (non-hydrogen) atoms. The van der Waals surface area contributed by atoms with E-state index in [4.69, 9.17) is 0 Å². The van der Waals surface area contributed by atoms with Crippen LogP contribution < -0.4 is 5.32 Å². The number of hydrogen-bond acceptors (Lipinski definition) is 2. The van der Waals surface area contributed by atoms with Gasteiger partial charge in [0.25, 0.3) is 0 Å². The molecule has 0 aromatic rings. The molecule has 2 unspecified atom stereocenters. The number of rotatable bonds is 6. The van der Waals surface area contributed by atoms with Gasteiger partial charge >= 0.3 is 0 Å². The summed E-state index contributed by atoms with van der Waals surface area (Å²) in [5.74, 6) is 0.888. The maximum absolute atomic E-state index is 3.71. The smallest absolute Gasteiger partial charge is 0.0110 e. The second kappa shape index (κ2) is 6.49. The van der Waals surface area contributed by atoms with Crippen LogP contribution in [-0.4, -0.2) is 36.6 Å². The van der Waals surface area contributed by atoms with E-state index in [1.165, 1.54) is 32.4 Å². The molecule has 1 saturated carbocycles. The molecule has 1 aliphatic rings. The first kappa shape index (κ1) is 13.0. The maximum Gasteiger partial charge on any atom is 0.0110 e. The molecule has 0 saturated heterocycles. The molecular weight excluding hydrogens is 184 g/mol.